The van der Waals surface area contributed by atoms with E-state index in [2.05, 4.69) is 18.8 Å². The maximum atomic E-state index is 14.3. The van der Waals surface area contributed by atoms with Gasteiger partial charge in [0.1, 0.15) is 11.3 Å². The molecular formula is C16H19ClF2N2. The second-order valence-corrected chi connectivity index (χ2v) is 6.84. The van der Waals surface area contributed by atoms with Crippen molar-refractivity contribution < 1.29 is 8.78 Å². The maximum Gasteiger partial charge on any atom is 0.184 e. The van der Waals surface area contributed by atoms with Gasteiger partial charge in [-0.3, -0.25) is 0 Å². The van der Waals surface area contributed by atoms with Gasteiger partial charge in [-0.15, -0.1) is 11.6 Å². The fourth-order valence-corrected chi connectivity index (χ4v) is 3.72. The molecule has 5 heteroatoms. The lowest BCUT2D eigenvalue weighted by Crippen LogP contribution is -2.23. The molecule has 1 aliphatic rings. The molecule has 2 nitrogen and oxygen atoms in total. The molecule has 1 unspecified atom stereocenters. The van der Waals surface area contributed by atoms with Gasteiger partial charge in [-0.2, -0.15) is 0 Å². The average molecular weight is 313 g/mol. The second-order valence-electron chi connectivity index (χ2n) is 6.46. The predicted octanol–water partition coefficient (Wildman–Crippen LogP) is 4.85. The van der Waals surface area contributed by atoms with Gasteiger partial charge in [0, 0.05) is 18.3 Å². The molecule has 0 amide bonds. The van der Waals surface area contributed by atoms with Crippen LogP contribution < -0.4 is 0 Å². The van der Waals surface area contributed by atoms with E-state index in [0.29, 0.717) is 17.8 Å². The standard InChI is InChI=1S/C16H19ClF2N2/c1-16(2)8-3-4-12(16)21-13(7-9-17)20-11-6-5-10(18)14(19)15(11)21/h5-6,12H,3-4,7-9H2,1-2H3. The second kappa shape index (κ2) is 5.24. The van der Waals surface area contributed by atoms with E-state index < -0.39 is 11.6 Å². The SMILES string of the molecule is CC1(C)CCCC1n1c(CCCl)nc2ccc(F)c(F)c21. The number of rotatable bonds is 3. The van der Waals surface area contributed by atoms with Crippen LogP contribution in [-0.2, 0) is 6.42 Å². The summed E-state index contributed by atoms with van der Waals surface area (Å²) in [6.45, 7) is 4.36. The van der Waals surface area contributed by atoms with Crippen molar-refractivity contribution >= 4 is 22.6 Å². The molecule has 1 atom stereocenters. The number of aryl methyl sites for hydroxylation is 1. The van der Waals surface area contributed by atoms with Gasteiger partial charge in [-0.1, -0.05) is 20.3 Å². The van der Waals surface area contributed by atoms with Crippen LogP contribution in [0.25, 0.3) is 11.0 Å². The Morgan fingerprint density at radius 2 is 2.14 bits per heavy atom. The van der Waals surface area contributed by atoms with Gasteiger partial charge in [0.25, 0.3) is 0 Å². The minimum atomic E-state index is -0.822. The smallest absolute Gasteiger partial charge is 0.184 e. The Labute approximate surface area is 128 Å². The Balaban J connectivity index is 2.27. The average Bonchev–Trinajstić information content (AvgIpc) is 2.94. The number of halogens is 3. The summed E-state index contributed by atoms with van der Waals surface area (Å²) < 4.78 is 29.9. The van der Waals surface area contributed by atoms with Crippen LogP contribution in [0.5, 0.6) is 0 Å². The van der Waals surface area contributed by atoms with E-state index in [1.165, 1.54) is 0 Å². The molecule has 0 spiro atoms. The summed E-state index contributed by atoms with van der Waals surface area (Å²) in [7, 11) is 0. The Kier molecular flexibility index (Phi) is 3.68. The first-order valence-corrected chi connectivity index (χ1v) is 7.90. The maximum absolute atomic E-state index is 14.3. The van der Waals surface area contributed by atoms with E-state index in [0.717, 1.165) is 31.2 Å². The molecule has 114 valence electrons. The van der Waals surface area contributed by atoms with Crippen LogP contribution in [0.2, 0.25) is 0 Å². The largest absolute Gasteiger partial charge is 0.322 e. The molecule has 1 aliphatic carbocycles. The van der Waals surface area contributed by atoms with E-state index in [-0.39, 0.29) is 17.0 Å². The molecule has 1 saturated carbocycles. The monoisotopic (exact) mass is 312 g/mol. The number of nitrogens with zero attached hydrogens (tertiary/aromatic N) is 2. The number of fused-ring (bicyclic) bond motifs is 1. The quantitative estimate of drug-likeness (QED) is 0.741. The summed E-state index contributed by atoms with van der Waals surface area (Å²) in [5.41, 5.74) is 0.847. The lowest BCUT2D eigenvalue weighted by atomic mass is 9.87. The Bertz CT molecular complexity index is 678. The summed E-state index contributed by atoms with van der Waals surface area (Å²) in [6, 6.07) is 2.82. The number of benzene rings is 1. The third-order valence-electron chi connectivity index (χ3n) is 4.65. The number of alkyl halides is 1. The fraction of sp³-hybridized carbons (Fsp3) is 0.562. The van der Waals surface area contributed by atoms with Crippen molar-refractivity contribution in [1.29, 1.82) is 0 Å². The lowest BCUT2D eigenvalue weighted by Gasteiger charge is -2.30. The molecule has 0 bridgehead atoms. The highest BCUT2D eigenvalue weighted by Crippen LogP contribution is 2.47. The van der Waals surface area contributed by atoms with Gasteiger partial charge < -0.3 is 4.57 Å². The predicted molar refractivity (Wildman–Crippen MR) is 80.7 cm³/mol. The number of hydrogen-bond donors (Lipinski definition) is 0. The van der Waals surface area contributed by atoms with Crippen LogP contribution in [0, 0.1) is 17.0 Å². The zero-order valence-electron chi connectivity index (χ0n) is 12.3. The van der Waals surface area contributed by atoms with Gasteiger partial charge in [-0.25, -0.2) is 13.8 Å². The molecule has 1 heterocycles. The third kappa shape index (κ3) is 2.33. The summed E-state index contributed by atoms with van der Waals surface area (Å²) in [6.07, 6.45) is 3.69. The minimum absolute atomic E-state index is 0.0491. The first-order chi connectivity index (χ1) is 9.95. The first kappa shape index (κ1) is 14.8. The number of aromatic nitrogens is 2. The normalized spacial score (nSPS) is 21.3. The fourth-order valence-electron chi connectivity index (χ4n) is 3.55. The third-order valence-corrected chi connectivity index (χ3v) is 4.84. The van der Waals surface area contributed by atoms with Crippen LogP contribution >= 0.6 is 11.6 Å². The van der Waals surface area contributed by atoms with Crippen LogP contribution in [0.1, 0.15) is 45.0 Å². The van der Waals surface area contributed by atoms with Crippen molar-refractivity contribution in [3.05, 3.63) is 29.6 Å². The van der Waals surface area contributed by atoms with Crippen molar-refractivity contribution in [2.75, 3.05) is 5.88 Å². The Morgan fingerprint density at radius 1 is 1.38 bits per heavy atom. The molecule has 0 saturated heterocycles. The van der Waals surface area contributed by atoms with Gasteiger partial charge in [-0.05, 0) is 30.4 Å². The lowest BCUT2D eigenvalue weighted by molar-refractivity contribution is 0.260. The van der Waals surface area contributed by atoms with Crippen molar-refractivity contribution in [1.82, 2.24) is 9.55 Å². The van der Waals surface area contributed by atoms with E-state index in [9.17, 15) is 8.78 Å². The summed E-state index contributed by atoms with van der Waals surface area (Å²) in [5, 5.41) is 0. The molecule has 1 aromatic heterocycles. The molecule has 0 radical (unpaired) electrons. The highest BCUT2D eigenvalue weighted by Gasteiger charge is 2.38. The van der Waals surface area contributed by atoms with E-state index in [1.807, 2.05) is 4.57 Å². The number of imidazole rings is 1. The van der Waals surface area contributed by atoms with Crippen LogP contribution in [-0.4, -0.2) is 15.4 Å². The molecule has 0 aliphatic heterocycles. The van der Waals surface area contributed by atoms with Crippen LogP contribution in [0.15, 0.2) is 12.1 Å². The Morgan fingerprint density at radius 3 is 2.76 bits per heavy atom. The Hall–Kier alpha value is -1.16. The first-order valence-electron chi connectivity index (χ1n) is 7.36. The van der Waals surface area contributed by atoms with E-state index >= 15 is 0 Å². The molecule has 1 aromatic carbocycles. The van der Waals surface area contributed by atoms with Crippen molar-refractivity contribution in [3.8, 4) is 0 Å². The molecule has 1 fully saturated rings. The summed E-state index contributed by atoms with van der Waals surface area (Å²) >= 11 is 5.86. The zero-order chi connectivity index (χ0) is 15.2. The van der Waals surface area contributed by atoms with Gasteiger partial charge in [0.05, 0.1) is 5.52 Å². The molecular weight excluding hydrogens is 294 g/mol. The molecule has 21 heavy (non-hydrogen) atoms. The van der Waals surface area contributed by atoms with Crippen LogP contribution in [0.3, 0.4) is 0 Å². The van der Waals surface area contributed by atoms with E-state index in [1.54, 1.807) is 6.07 Å². The summed E-state index contributed by atoms with van der Waals surface area (Å²) in [5.74, 6) is -0.453. The minimum Gasteiger partial charge on any atom is -0.322 e. The van der Waals surface area contributed by atoms with Crippen LogP contribution in [0.4, 0.5) is 8.78 Å². The topological polar surface area (TPSA) is 17.8 Å². The summed E-state index contributed by atoms with van der Waals surface area (Å²) in [4.78, 5) is 4.49. The van der Waals surface area contributed by atoms with Crippen molar-refractivity contribution in [3.63, 3.8) is 0 Å². The highest BCUT2D eigenvalue weighted by molar-refractivity contribution is 6.17. The van der Waals surface area contributed by atoms with Crippen molar-refractivity contribution in [2.45, 2.75) is 45.6 Å². The van der Waals surface area contributed by atoms with Gasteiger partial charge in [0.15, 0.2) is 11.6 Å². The van der Waals surface area contributed by atoms with Crippen molar-refractivity contribution in [2.24, 2.45) is 5.41 Å². The molecule has 2 aromatic rings. The number of hydrogen-bond acceptors (Lipinski definition) is 1. The van der Waals surface area contributed by atoms with Gasteiger partial charge >= 0.3 is 0 Å². The zero-order valence-corrected chi connectivity index (χ0v) is 13.1. The molecule has 3 rings (SSSR count). The molecule has 0 N–H and O–H groups in total. The van der Waals surface area contributed by atoms with E-state index in [4.69, 9.17) is 11.6 Å². The highest BCUT2D eigenvalue weighted by atomic mass is 35.5. The van der Waals surface area contributed by atoms with Gasteiger partial charge in [0.2, 0.25) is 0 Å².